The molecule has 0 bridgehead atoms. The van der Waals surface area contributed by atoms with Gasteiger partial charge in [-0.05, 0) is 25.3 Å². The molecule has 0 saturated heterocycles. The number of nitrogens with zero attached hydrogens (tertiary/aromatic N) is 3. The molecule has 0 amide bonds. The number of nitriles is 1. The summed E-state index contributed by atoms with van der Waals surface area (Å²) in [6.07, 6.45) is 3.57. The van der Waals surface area contributed by atoms with E-state index >= 15 is 0 Å². The molecule has 0 spiro atoms. The van der Waals surface area contributed by atoms with E-state index in [9.17, 15) is 0 Å². The van der Waals surface area contributed by atoms with Crippen LogP contribution in [-0.4, -0.2) is 15.5 Å². The van der Waals surface area contributed by atoms with E-state index in [1.165, 1.54) is 0 Å². The predicted molar refractivity (Wildman–Crippen MR) is 59.4 cm³/mol. The van der Waals surface area contributed by atoms with Gasteiger partial charge in [0.1, 0.15) is 5.54 Å². The van der Waals surface area contributed by atoms with Crippen molar-refractivity contribution >= 4 is 5.95 Å². The van der Waals surface area contributed by atoms with Gasteiger partial charge in [-0.1, -0.05) is 13.8 Å². The molecule has 0 unspecified atom stereocenters. The van der Waals surface area contributed by atoms with Crippen LogP contribution in [0.15, 0.2) is 12.4 Å². The highest BCUT2D eigenvalue weighted by atomic mass is 15.1. The lowest BCUT2D eigenvalue weighted by Crippen LogP contribution is -2.29. The third kappa shape index (κ3) is 3.21. The molecular formula is C11H16N4. The molecule has 1 aromatic rings. The first-order chi connectivity index (χ1) is 6.94. The topological polar surface area (TPSA) is 61.6 Å². The Balaban J connectivity index is 2.78. The molecule has 0 aliphatic rings. The monoisotopic (exact) mass is 204 g/mol. The van der Waals surface area contributed by atoms with Gasteiger partial charge in [0.15, 0.2) is 0 Å². The van der Waals surface area contributed by atoms with Gasteiger partial charge in [-0.3, -0.25) is 0 Å². The van der Waals surface area contributed by atoms with Gasteiger partial charge in [-0.15, -0.1) is 0 Å². The standard InChI is InChI=1S/C11H16N4/c1-8(2)9-5-13-10(14-6-9)15-11(3,4)7-12/h5-6,8H,1-4H3,(H,13,14,15). The molecule has 0 fully saturated rings. The maximum Gasteiger partial charge on any atom is 0.223 e. The molecule has 0 saturated carbocycles. The molecule has 0 atom stereocenters. The SMILES string of the molecule is CC(C)c1cnc(NC(C)(C)C#N)nc1. The summed E-state index contributed by atoms with van der Waals surface area (Å²) < 4.78 is 0. The van der Waals surface area contributed by atoms with Gasteiger partial charge in [-0.2, -0.15) is 5.26 Å². The van der Waals surface area contributed by atoms with E-state index in [1.54, 1.807) is 26.2 Å². The molecule has 0 aliphatic heterocycles. The average molecular weight is 204 g/mol. The molecule has 0 radical (unpaired) electrons. The maximum absolute atomic E-state index is 8.83. The fraction of sp³-hybridized carbons (Fsp3) is 0.545. The summed E-state index contributed by atoms with van der Waals surface area (Å²) in [6.45, 7) is 7.75. The fourth-order valence-electron chi connectivity index (χ4n) is 1.01. The summed E-state index contributed by atoms with van der Waals surface area (Å²) in [6, 6.07) is 2.14. The number of hydrogen-bond acceptors (Lipinski definition) is 4. The number of rotatable bonds is 3. The quantitative estimate of drug-likeness (QED) is 0.820. The van der Waals surface area contributed by atoms with Gasteiger partial charge < -0.3 is 5.32 Å². The third-order valence-electron chi connectivity index (χ3n) is 2.04. The van der Waals surface area contributed by atoms with Crippen LogP contribution in [0.1, 0.15) is 39.2 Å². The molecule has 1 heterocycles. The Morgan fingerprint density at radius 1 is 1.33 bits per heavy atom. The van der Waals surface area contributed by atoms with Gasteiger partial charge in [0.25, 0.3) is 0 Å². The van der Waals surface area contributed by atoms with E-state index < -0.39 is 5.54 Å². The summed E-state index contributed by atoms with van der Waals surface area (Å²) >= 11 is 0. The summed E-state index contributed by atoms with van der Waals surface area (Å²) in [5.41, 5.74) is 0.453. The molecule has 15 heavy (non-hydrogen) atoms. The summed E-state index contributed by atoms with van der Waals surface area (Å²) in [5, 5.41) is 11.8. The molecule has 4 heteroatoms. The van der Waals surface area contributed by atoms with Crippen LogP contribution in [0.25, 0.3) is 0 Å². The van der Waals surface area contributed by atoms with Crippen LogP contribution in [-0.2, 0) is 0 Å². The van der Waals surface area contributed by atoms with Crippen LogP contribution in [0.3, 0.4) is 0 Å². The Morgan fingerprint density at radius 2 is 1.87 bits per heavy atom. The summed E-state index contributed by atoms with van der Waals surface area (Å²) in [7, 11) is 0. The Bertz CT molecular complexity index is 359. The average Bonchev–Trinajstić information content (AvgIpc) is 2.18. The molecule has 4 nitrogen and oxygen atoms in total. The van der Waals surface area contributed by atoms with Crippen molar-refractivity contribution in [3.8, 4) is 6.07 Å². The second kappa shape index (κ2) is 4.26. The Kier molecular flexibility index (Phi) is 3.25. The first-order valence-corrected chi connectivity index (χ1v) is 4.96. The van der Waals surface area contributed by atoms with Crippen molar-refractivity contribution < 1.29 is 0 Å². The van der Waals surface area contributed by atoms with E-state index in [4.69, 9.17) is 5.26 Å². The second-order valence-electron chi connectivity index (χ2n) is 4.36. The molecule has 1 N–H and O–H groups in total. The van der Waals surface area contributed by atoms with E-state index in [2.05, 4.69) is 35.2 Å². The van der Waals surface area contributed by atoms with E-state index in [1.807, 2.05) is 0 Å². The van der Waals surface area contributed by atoms with Crippen LogP contribution in [0.2, 0.25) is 0 Å². The van der Waals surface area contributed by atoms with Crippen molar-refractivity contribution in [2.24, 2.45) is 0 Å². The zero-order chi connectivity index (χ0) is 11.5. The minimum atomic E-state index is -0.640. The van der Waals surface area contributed by atoms with Crippen molar-refractivity contribution in [2.45, 2.75) is 39.2 Å². The van der Waals surface area contributed by atoms with Gasteiger partial charge in [-0.25, -0.2) is 9.97 Å². The summed E-state index contributed by atoms with van der Waals surface area (Å²) in [5.74, 6) is 0.911. The van der Waals surface area contributed by atoms with Gasteiger partial charge in [0, 0.05) is 12.4 Å². The lowest BCUT2D eigenvalue weighted by atomic mass is 10.1. The second-order valence-corrected chi connectivity index (χ2v) is 4.36. The first kappa shape index (κ1) is 11.4. The molecule has 0 aromatic carbocycles. The minimum Gasteiger partial charge on any atom is -0.336 e. The molecule has 1 aromatic heterocycles. The van der Waals surface area contributed by atoms with E-state index in [0.29, 0.717) is 11.9 Å². The zero-order valence-electron chi connectivity index (χ0n) is 9.57. The normalized spacial score (nSPS) is 11.2. The van der Waals surface area contributed by atoms with Crippen LogP contribution in [0.4, 0.5) is 5.95 Å². The highest BCUT2D eigenvalue weighted by Gasteiger charge is 2.16. The van der Waals surface area contributed by atoms with E-state index in [-0.39, 0.29) is 0 Å². The zero-order valence-corrected chi connectivity index (χ0v) is 9.57. The third-order valence-corrected chi connectivity index (χ3v) is 2.04. The van der Waals surface area contributed by atoms with Gasteiger partial charge in [0.05, 0.1) is 6.07 Å². The lowest BCUT2D eigenvalue weighted by Gasteiger charge is -2.17. The molecule has 0 aliphatic carbocycles. The molecule has 1 rings (SSSR count). The largest absolute Gasteiger partial charge is 0.336 e. The van der Waals surface area contributed by atoms with Crippen LogP contribution >= 0.6 is 0 Å². The van der Waals surface area contributed by atoms with Crippen LogP contribution < -0.4 is 5.32 Å². The fourth-order valence-corrected chi connectivity index (χ4v) is 1.01. The Labute approximate surface area is 90.4 Å². The highest BCUT2D eigenvalue weighted by Crippen LogP contribution is 2.14. The number of nitrogens with one attached hydrogen (secondary N) is 1. The number of aromatic nitrogens is 2. The van der Waals surface area contributed by atoms with Crippen LogP contribution in [0, 0.1) is 11.3 Å². The van der Waals surface area contributed by atoms with E-state index in [0.717, 1.165) is 5.56 Å². The smallest absolute Gasteiger partial charge is 0.223 e. The van der Waals surface area contributed by atoms with Gasteiger partial charge in [0.2, 0.25) is 5.95 Å². The van der Waals surface area contributed by atoms with Gasteiger partial charge >= 0.3 is 0 Å². The molecule has 80 valence electrons. The maximum atomic E-state index is 8.83. The number of anilines is 1. The predicted octanol–water partition coefficient (Wildman–Crippen LogP) is 2.31. The molecular weight excluding hydrogens is 188 g/mol. The first-order valence-electron chi connectivity index (χ1n) is 4.96. The van der Waals surface area contributed by atoms with Crippen molar-refractivity contribution in [1.82, 2.24) is 9.97 Å². The Morgan fingerprint density at radius 3 is 2.27 bits per heavy atom. The lowest BCUT2D eigenvalue weighted by molar-refractivity contribution is 0.714. The Hall–Kier alpha value is -1.63. The number of hydrogen-bond donors (Lipinski definition) is 1. The van der Waals surface area contributed by atoms with Crippen molar-refractivity contribution in [2.75, 3.05) is 5.32 Å². The summed E-state index contributed by atoms with van der Waals surface area (Å²) in [4.78, 5) is 8.32. The van der Waals surface area contributed by atoms with Crippen molar-refractivity contribution in [1.29, 1.82) is 5.26 Å². The van der Waals surface area contributed by atoms with Crippen molar-refractivity contribution in [3.63, 3.8) is 0 Å². The van der Waals surface area contributed by atoms with Crippen molar-refractivity contribution in [3.05, 3.63) is 18.0 Å². The highest BCUT2D eigenvalue weighted by molar-refractivity contribution is 5.32. The van der Waals surface area contributed by atoms with Crippen LogP contribution in [0.5, 0.6) is 0 Å². The minimum absolute atomic E-state index is 0.419.